The molecule has 1 heterocycles. The summed E-state index contributed by atoms with van der Waals surface area (Å²) in [6.45, 7) is 4.94. The third-order valence-corrected chi connectivity index (χ3v) is 3.88. The molecule has 0 saturated carbocycles. The predicted octanol–water partition coefficient (Wildman–Crippen LogP) is 4.44. The van der Waals surface area contributed by atoms with Crippen molar-refractivity contribution >= 4 is 11.7 Å². The van der Waals surface area contributed by atoms with Crippen LogP contribution in [0.25, 0.3) is 5.76 Å². The topological polar surface area (TPSA) is 44.8 Å². The van der Waals surface area contributed by atoms with Crippen LogP contribution in [0.3, 0.4) is 0 Å². The van der Waals surface area contributed by atoms with Crippen molar-refractivity contribution in [2.45, 2.75) is 32.7 Å². The third-order valence-electron chi connectivity index (χ3n) is 3.88. The van der Waals surface area contributed by atoms with Crippen molar-refractivity contribution < 1.29 is 19.0 Å². The van der Waals surface area contributed by atoms with E-state index < -0.39 is 17.9 Å². The fourth-order valence-corrected chi connectivity index (χ4v) is 2.88. The molecule has 0 fully saturated rings. The Morgan fingerprint density at radius 1 is 1.04 bits per heavy atom. The molecule has 0 bridgehead atoms. The van der Waals surface area contributed by atoms with Crippen LogP contribution in [0.4, 0.5) is 0 Å². The lowest BCUT2D eigenvalue weighted by atomic mass is 10.00. The summed E-state index contributed by atoms with van der Waals surface area (Å²) in [6.07, 6.45) is -0.546. The van der Waals surface area contributed by atoms with Crippen LogP contribution in [0.1, 0.15) is 38.0 Å². The zero-order valence-corrected chi connectivity index (χ0v) is 14.0. The summed E-state index contributed by atoms with van der Waals surface area (Å²) >= 11 is 0. The highest BCUT2D eigenvalue weighted by Crippen LogP contribution is 2.44. The molecule has 2 aromatic carbocycles. The number of hydrogen-bond donors (Lipinski definition) is 0. The largest absolute Gasteiger partial charge is 0.478 e. The first-order valence-electron chi connectivity index (χ1n) is 7.86. The minimum Gasteiger partial charge on any atom is -0.478 e. The molecule has 1 aliphatic heterocycles. The lowest BCUT2D eigenvalue weighted by molar-refractivity contribution is -0.250. The number of carbonyl (C=O) groups excluding carboxylic acids is 1. The molecule has 24 heavy (non-hydrogen) atoms. The lowest BCUT2D eigenvalue weighted by Crippen LogP contribution is -2.44. The van der Waals surface area contributed by atoms with Gasteiger partial charge in [0.25, 0.3) is 5.79 Å². The van der Waals surface area contributed by atoms with Gasteiger partial charge < -0.3 is 14.2 Å². The molecule has 0 amide bonds. The first kappa shape index (κ1) is 16.1. The second kappa shape index (κ2) is 6.40. The van der Waals surface area contributed by atoms with Crippen LogP contribution in [0, 0.1) is 0 Å². The summed E-state index contributed by atoms with van der Waals surface area (Å²) < 4.78 is 17.8. The highest BCUT2D eigenvalue weighted by molar-refractivity contribution is 5.67. The average molecular weight is 324 g/mol. The van der Waals surface area contributed by atoms with Crippen molar-refractivity contribution in [3.05, 3.63) is 77.5 Å². The van der Waals surface area contributed by atoms with Crippen LogP contribution in [0.15, 0.2) is 66.4 Å². The van der Waals surface area contributed by atoms with E-state index in [1.54, 1.807) is 6.92 Å². The van der Waals surface area contributed by atoms with E-state index in [-0.39, 0.29) is 0 Å². The molecular weight excluding hydrogens is 304 g/mol. The molecule has 2 atom stereocenters. The standard InChI is InChI=1S/C20H20O4/c1-14-18(16-10-6-4-7-11-16)24-20(3,23-15(2)21)19(22-14)17-12-8-5-9-13-17/h4-13,19H,1-3H3. The van der Waals surface area contributed by atoms with E-state index in [1.165, 1.54) is 6.92 Å². The number of ether oxygens (including phenoxy) is 3. The number of carbonyl (C=O) groups is 1. The van der Waals surface area contributed by atoms with E-state index in [2.05, 4.69) is 0 Å². The summed E-state index contributed by atoms with van der Waals surface area (Å²) in [5.74, 6) is -0.446. The molecule has 2 unspecified atom stereocenters. The molecule has 124 valence electrons. The minimum atomic E-state index is -1.25. The van der Waals surface area contributed by atoms with Crippen LogP contribution in [-0.4, -0.2) is 11.8 Å². The average Bonchev–Trinajstić information content (AvgIpc) is 2.57. The van der Waals surface area contributed by atoms with E-state index in [4.69, 9.17) is 14.2 Å². The van der Waals surface area contributed by atoms with Gasteiger partial charge >= 0.3 is 5.97 Å². The number of allylic oxidation sites excluding steroid dienone is 1. The Balaban J connectivity index is 2.04. The Morgan fingerprint density at radius 3 is 2.21 bits per heavy atom. The Morgan fingerprint density at radius 2 is 1.62 bits per heavy atom. The minimum absolute atomic E-state index is 0.422. The number of esters is 1. The maximum atomic E-state index is 11.6. The van der Waals surface area contributed by atoms with Crippen molar-refractivity contribution in [3.8, 4) is 0 Å². The van der Waals surface area contributed by atoms with Crippen LogP contribution in [0.2, 0.25) is 0 Å². The summed E-state index contributed by atoms with van der Waals surface area (Å²) in [4.78, 5) is 11.6. The molecule has 0 spiro atoms. The van der Waals surface area contributed by atoms with Gasteiger partial charge in [0.2, 0.25) is 0 Å². The predicted molar refractivity (Wildman–Crippen MR) is 90.6 cm³/mol. The van der Waals surface area contributed by atoms with Gasteiger partial charge in [-0.1, -0.05) is 60.7 Å². The van der Waals surface area contributed by atoms with Crippen LogP contribution in [0.5, 0.6) is 0 Å². The Bertz CT molecular complexity index is 752. The molecule has 0 aromatic heterocycles. The van der Waals surface area contributed by atoms with Crippen molar-refractivity contribution in [2.75, 3.05) is 0 Å². The van der Waals surface area contributed by atoms with Gasteiger partial charge in [-0.05, 0) is 6.92 Å². The van der Waals surface area contributed by atoms with Gasteiger partial charge in [0.1, 0.15) is 5.76 Å². The number of rotatable bonds is 3. The summed E-state index contributed by atoms with van der Waals surface area (Å²) in [7, 11) is 0. The molecule has 0 radical (unpaired) electrons. The maximum Gasteiger partial charge on any atom is 0.306 e. The van der Waals surface area contributed by atoms with E-state index in [9.17, 15) is 4.79 Å². The Labute approximate surface area is 141 Å². The summed E-state index contributed by atoms with van der Waals surface area (Å²) in [5.41, 5.74) is 1.76. The SMILES string of the molecule is CC(=O)OC1(C)OC(c2ccccc2)=C(C)OC1c1ccccc1. The van der Waals surface area contributed by atoms with Crippen molar-refractivity contribution in [2.24, 2.45) is 0 Å². The summed E-state index contributed by atoms with van der Waals surface area (Å²) in [5, 5.41) is 0. The second-order valence-corrected chi connectivity index (χ2v) is 5.87. The normalized spacial score (nSPS) is 23.2. The highest BCUT2D eigenvalue weighted by Gasteiger charge is 2.47. The van der Waals surface area contributed by atoms with E-state index in [1.807, 2.05) is 67.6 Å². The van der Waals surface area contributed by atoms with Gasteiger partial charge in [-0.3, -0.25) is 4.79 Å². The molecule has 2 aromatic rings. The molecule has 0 aliphatic carbocycles. The zero-order valence-electron chi connectivity index (χ0n) is 14.0. The first-order chi connectivity index (χ1) is 11.5. The number of hydrogen-bond acceptors (Lipinski definition) is 4. The molecule has 0 N–H and O–H groups in total. The van der Waals surface area contributed by atoms with Crippen LogP contribution < -0.4 is 0 Å². The van der Waals surface area contributed by atoms with Crippen molar-refractivity contribution in [3.63, 3.8) is 0 Å². The van der Waals surface area contributed by atoms with Gasteiger partial charge in [0.15, 0.2) is 11.9 Å². The van der Waals surface area contributed by atoms with E-state index in [0.717, 1.165) is 11.1 Å². The fraction of sp³-hybridized carbons (Fsp3) is 0.250. The first-order valence-corrected chi connectivity index (χ1v) is 7.86. The third kappa shape index (κ3) is 3.13. The Kier molecular flexibility index (Phi) is 4.30. The Hall–Kier alpha value is -2.75. The molecule has 4 heteroatoms. The van der Waals surface area contributed by atoms with Gasteiger partial charge in [-0.25, -0.2) is 0 Å². The summed E-state index contributed by atoms with van der Waals surface area (Å²) in [6, 6.07) is 19.2. The van der Waals surface area contributed by atoms with Gasteiger partial charge in [0.05, 0.1) is 0 Å². The van der Waals surface area contributed by atoms with Crippen molar-refractivity contribution in [1.82, 2.24) is 0 Å². The number of benzene rings is 2. The van der Waals surface area contributed by atoms with E-state index in [0.29, 0.717) is 11.5 Å². The van der Waals surface area contributed by atoms with Gasteiger partial charge in [0, 0.05) is 25.0 Å². The quantitative estimate of drug-likeness (QED) is 0.783. The monoisotopic (exact) mass is 324 g/mol. The highest BCUT2D eigenvalue weighted by atomic mass is 16.7. The maximum absolute atomic E-state index is 11.6. The van der Waals surface area contributed by atoms with Crippen molar-refractivity contribution in [1.29, 1.82) is 0 Å². The second-order valence-electron chi connectivity index (χ2n) is 5.87. The van der Waals surface area contributed by atoms with Gasteiger partial charge in [-0.15, -0.1) is 0 Å². The molecule has 1 aliphatic rings. The lowest BCUT2D eigenvalue weighted by Gasteiger charge is -2.41. The molecule has 0 saturated heterocycles. The molecular formula is C20H20O4. The fourth-order valence-electron chi connectivity index (χ4n) is 2.88. The zero-order chi connectivity index (χ0) is 17.2. The molecule has 3 rings (SSSR count). The molecule has 4 nitrogen and oxygen atoms in total. The smallest absolute Gasteiger partial charge is 0.306 e. The van der Waals surface area contributed by atoms with Crippen LogP contribution in [-0.2, 0) is 19.0 Å². The van der Waals surface area contributed by atoms with E-state index >= 15 is 0 Å². The van der Waals surface area contributed by atoms with Crippen LogP contribution >= 0.6 is 0 Å². The van der Waals surface area contributed by atoms with Gasteiger partial charge in [-0.2, -0.15) is 0 Å².